The molecule has 1 aromatic carbocycles. The van der Waals surface area contributed by atoms with Gasteiger partial charge in [-0.1, -0.05) is 6.07 Å². The third-order valence-corrected chi connectivity index (χ3v) is 6.00. The van der Waals surface area contributed by atoms with Crippen molar-refractivity contribution in [2.24, 2.45) is 4.99 Å². The molecule has 2 heterocycles. The average Bonchev–Trinajstić information content (AvgIpc) is 3.50. The van der Waals surface area contributed by atoms with Gasteiger partial charge >= 0.3 is 0 Å². The fraction of sp³-hybridized carbons (Fsp3) is 0.455. The largest absolute Gasteiger partial charge is 0.497 e. The zero-order valence-electron chi connectivity index (χ0n) is 18.7. The van der Waals surface area contributed by atoms with Gasteiger partial charge in [0, 0.05) is 63.2 Å². The lowest BCUT2D eigenvalue weighted by Gasteiger charge is -2.21. The number of aliphatic imine (C=N–C) groups is 1. The number of benzene rings is 1. The van der Waals surface area contributed by atoms with Crippen molar-refractivity contribution in [2.45, 2.75) is 18.9 Å². The standard InChI is InChI=1S/C22H31N5O3S.HI/c1-23-22(25-9-5-8-24-21(28)20-6-4-11-31-20)26-16-7-10-27(15-16)17-12-18(29-2)14-19(13-17)30-3;/h4,6,11-14,16H,5,7-10,15H2,1-3H3,(H,24,28)(H2,23,25,26);1H. The van der Waals surface area contributed by atoms with E-state index in [1.807, 2.05) is 35.7 Å². The first-order valence-electron chi connectivity index (χ1n) is 10.4. The van der Waals surface area contributed by atoms with Crippen LogP contribution < -0.4 is 30.3 Å². The van der Waals surface area contributed by atoms with Crippen LogP contribution in [0.15, 0.2) is 40.7 Å². The van der Waals surface area contributed by atoms with E-state index in [0.29, 0.717) is 12.6 Å². The Morgan fingerprint density at radius 2 is 1.91 bits per heavy atom. The second-order valence-corrected chi connectivity index (χ2v) is 8.18. The number of anilines is 1. The average molecular weight is 574 g/mol. The summed E-state index contributed by atoms with van der Waals surface area (Å²) in [4.78, 5) is 19.3. The van der Waals surface area contributed by atoms with E-state index in [2.05, 4.69) is 25.8 Å². The summed E-state index contributed by atoms with van der Waals surface area (Å²) in [6.07, 6.45) is 1.83. The van der Waals surface area contributed by atoms with Crippen LogP contribution in [0.25, 0.3) is 0 Å². The number of nitrogens with zero attached hydrogens (tertiary/aromatic N) is 2. The molecule has 2 aromatic rings. The molecule has 0 saturated carbocycles. The molecule has 0 spiro atoms. The number of halogens is 1. The van der Waals surface area contributed by atoms with E-state index < -0.39 is 0 Å². The first-order valence-corrected chi connectivity index (χ1v) is 11.3. The van der Waals surface area contributed by atoms with Crippen molar-refractivity contribution >= 4 is 52.9 Å². The predicted molar refractivity (Wildman–Crippen MR) is 141 cm³/mol. The van der Waals surface area contributed by atoms with Crippen molar-refractivity contribution in [1.29, 1.82) is 0 Å². The fourth-order valence-electron chi connectivity index (χ4n) is 3.47. The molecule has 3 N–H and O–H groups in total. The topological polar surface area (TPSA) is 87.2 Å². The monoisotopic (exact) mass is 573 g/mol. The zero-order chi connectivity index (χ0) is 22.1. The van der Waals surface area contributed by atoms with Gasteiger partial charge in [0.15, 0.2) is 5.96 Å². The number of methoxy groups -OCH3 is 2. The number of rotatable bonds is 9. The number of carbonyl (C=O) groups is 1. The normalized spacial score (nSPS) is 15.7. The van der Waals surface area contributed by atoms with Crippen LogP contribution in [0.5, 0.6) is 11.5 Å². The Hall–Kier alpha value is -2.21. The molecule has 8 nitrogen and oxygen atoms in total. The lowest BCUT2D eigenvalue weighted by molar-refractivity contribution is 0.0957. The molecular weight excluding hydrogens is 541 g/mol. The molecule has 32 heavy (non-hydrogen) atoms. The summed E-state index contributed by atoms with van der Waals surface area (Å²) < 4.78 is 10.8. The Labute approximate surface area is 210 Å². The van der Waals surface area contributed by atoms with Crippen LogP contribution in [-0.2, 0) is 0 Å². The Balaban J connectivity index is 0.00000363. The number of ether oxygens (including phenoxy) is 2. The Morgan fingerprint density at radius 1 is 1.19 bits per heavy atom. The van der Waals surface area contributed by atoms with Crippen LogP contribution in [0.3, 0.4) is 0 Å². The van der Waals surface area contributed by atoms with Gasteiger partial charge in [0.05, 0.1) is 19.1 Å². The second kappa shape index (κ2) is 13.4. The van der Waals surface area contributed by atoms with E-state index in [9.17, 15) is 4.79 Å². The fourth-order valence-corrected chi connectivity index (χ4v) is 4.11. The second-order valence-electron chi connectivity index (χ2n) is 7.23. The van der Waals surface area contributed by atoms with Crippen LogP contribution in [0.1, 0.15) is 22.5 Å². The number of nitrogens with one attached hydrogen (secondary N) is 3. The number of carbonyl (C=O) groups excluding carboxylic acids is 1. The molecule has 1 fully saturated rings. The lowest BCUT2D eigenvalue weighted by Crippen LogP contribution is -2.45. The van der Waals surface area contributed by atoms with Crippen molar-refractivity contribution in [1.82, 2.24) is 16.0 Å². The molecule has 1 saturated heterocycles. The SMILES string of the molecule is CN=C(NCCCNC(=O)c1cccs1)NC1CCN(c2cc(OC)cc(OC)c2)C1.I. The van der Waals surface area contributed by atoms with Crippen LogP contribution in [0.2, 0.25) is 0 Å². The zero-order valence-corrected chi connectivity index (χ0v) is 21.9. The van der Waals surface area contributed by atoms with Crippen molar-refractivity contribution in [3.8, 4) is 11.5 Å². The van der Waals surface area contributed by atoms with Gasteiger partial charge in [-0.2, -0.15) is 0 Å². The quantitative estimate of drug-likeness (QED) is 0.185. The molecule has 3 rings (SSSR count). The molecule has 0 radical (unpaired) electrons. The molecular formula is C22H32IN5O3S. The molecule has 1 unspecified atom stereocenters. The number of hydrogen-bond donors (Lipinski definition) is 3. The summed E-state index contributed by atoms with van der Waals surface area (Å²) >= 11 is 1.45. The van der Waals surface area contributed by atoms with E-state index in [1.54, 1.807) is 21.3 Å². The molecule has 1 aliphatic rings. The maximum Gasteiger partial charge on any atom is 0.261 e. The molecule has 1 atom stereocenters. The lowest BCUT2D eigenvalue weighted by atomic mass is 10.2. The predicted octanol–water partition coefficient (Wildman–Crippen LogP) is 2.95. The van der Waals surface area contributed by atoms with Crippen molar-refractivity contribution in [3.05, 3.63) is 40.6 Å². The Kier molecular flexibility index (Phi) is 10.9. The highest BCUT2D eigenvalue weighted by Gasteiger charge is 2.24. The van der Waals surface area contributed by atoms with Gasteiger partial charge in [-0.05, 0) is 24.3 Å². The van der Waals surface area contributed by atoms with Crippen molar-refractivity contribution < 1.29 is 14.3 Å². The minimum absolute atomic E-state index is 0. The molecule has 1 aliphatic heterocycles. The summed E-state index contributed by atoms with van der Waals surface area (Å²) in [6, 6.07) is 9.94. The molecule has 0 aliphatic carbocycles. The third-order valence-electron chi connectivity index (χ3n) is 5.13. The molecule has 176 valence electrons. The van der Waals surface area contributed by atoms with E-state index >= 15 is 0 Å². The van der Waals surface area contributed by atoms with Gasteiger partial charge in [-0.15, -0.1) is 35.3 Å². The van der Waals surface area contributed by atoms with Crippen LogP contribution >= 0.6 is 35.3 Å². The van der Waals surface area contributed by atoms with Gasteiger partial charge in [-0.25, -0.2) is 0 Å². The van der Waals surface area contributed by atoms with Gasteiger partial charge in [0.2, 0.25) is 0 Å². The van der Waals surface area contributed by atoms with E-state index in [0.717, 1.165) is 60.5 Å². The molecule has 10 heteroatoms. The minimum Gasteiger partial charge on any atom is -0.497 e. The summed E-state index contributed by atoms with van der Waals surface area (Å²) in [5.74, 6) is 2.33. The van der Waals surface area contributed by atoms with Crippen LogP contribution in [-0.4, -0.2) is 65.4 Å². The minimum atomic E-state index is -0.0160. The summed E-state index contributed by atoms with van der Waals surface area (Å²) in [6.45, 7) is 3.16. The van der Waals surface area contributed by atoms with E-state index in [4.69, 9.17) is 9.47 Å². The van der Waals surface area contributed by atoms with Gasteiger partial charge in [-0.3, -0.25) is 9.79 Å². The highest BCUT2D eigenvalue weighted by Crippen LogP contribution is 2.30. The Morgan fingerprint density at radius 3 is 2.53 bits per heavy atom. The summed E-state index contributed by atoms with van der Waals surface area (Å²) in [5, 5.41) is 11.7. The van der Waals surface area contributed by atoms with Crippen LogP contribution in [0, 0.1) is 0 Å². The Bertz CT molecular complexity index is 856. The van der Waals surface area contributed by atoms with Crippen molar-refractivity contribution in [3.63, 3.8) is 0 Å². The van der Waals surface area contributed by atoms with Gasteiger partial charge < -0.3 is 30.3 Å². The number of guanidine groups is 1. The summed E-state index contributed by atoms with van der Waals surface area (Å²) in [7, 11) is 5.10. The highest BCUT2D eigenvalue weighted by molar-refractivity contribution is 14.0. The third kappa shape index (κ3) is 7.44. The molecule has 1 aromatic heterocycles. The van der Waals surface area contributed by atoms with E-state index in [1.165, 1.54) is 11.3 Å². The molecule has 0 bridgehead atoms. The maximum atomic E-state index is 11.9. The number of thiophene rings is 1. The summed E-state index contributed by atoms with van der Waals surface area (Å²) in [5.41, 5.74) is 1.09. The highest BCUT2D eigenvalue weighted by atomic mass is 127. The first-order chi connectivity index (χ1) is 15.1. The smallest absolute Gasteiger partial charge is 0.261 e. The first kappa shape index (κ1) is 26.0. The number of amides is 1. The van der Waals surface area contributed by atoms with Crippen molar-refractivity contribution in [2.75, 3.05) is 52.3 Å². The molecule has 1 amide bonds. The van der Waals surface area contributed by atoms with Crippen LogP contribution in [0.4, 0.5) is 5.69 Å². The van der Waals surface area contributed by atoms with E-state index in [-0.39, 0.29) is 29.9 Å². The van der Waals surface area contributed by atoms with Gasteiger partial charge in [0.1, 0.15) is 11.5 Å². The van der Waals surface area contributed by atoms with Gasteiger partial charge in [0.25, 0.3) is 5.91 Å². The maximum absolute atomic E-state index is 11.9. The number of hydrogen-bond acceptors (Lipinski definition) is 6.